The molecule has 3 rings (SSSR count). The molecule has 1 atom stereocenters. The molecule has 36 heavy (non-hydrogen) atoms. The zero-order chi connectivity index (χ0) is 26.3. The van der Waals surface area contributed by atoms with Gasteiger partial charge in [-0.1, -0.05) is 68.1 Å². The van der Waals surface area contributed by atoms with E-state index in [9.17, 15) is 22.4 Å². The predicted molar refractivity (Wildman–Crippen MR) is 139 cm³/mol. The Morgan fingerprint density at radius 1 is 1.08 bits per heavy atom. The van der Waals surface area contributed by atoms with Gasteiger partial charge in [-0.3, -0.25) is 13.9 Å². The molecule has 2 amide bonds. The van der Waals surface area contributed by atoms with Crippen molar-refractivity contribution in [2.75, 3.05) is 17.1 Å². The van der Waals surface area contributed by atoms with E-state index in [1.807, 2.05) is 38.1 Å². The van der Waals surface area contributed by atoms with E-state index in [2.05, 4.69) is 5.32 Å². The third kappa shape index (κ3) is 7.29. The molecule has 2 aromatic rings. The molecule has 0 radical (unpaired) electrons. The molecule has 7 nitrogen and oxygen atoms in total. The number of hydrogen-bond acceptors (Lipinski definition) is 4. The summed E-state index contributed by atoms with van der Waals surface area (Å²) in [6, 6.07) is 12.3. The maximum absolute atomic E-state index is 14.5. The molecule has 1 aliphatic carbocycles. The number of hydrogen-bond donors (Lipinski definition) is 1. The Balaban J connectivity index is 1.92. The minimum Gasteiger partial charge on any atom is -0.352 e. The highest BCUT2D eigenvalue weighted by Gasteiger charge is 2.33. The molecule has 0 aliphatic heterocycles. The topological polar surface area (TPSA) is 86.8 Å². The molecule has 1 saturated carbocycles. The second-order valence-corrected chi connectivity index (χ2v) is 11.4. The van der Waals surface area contributed by atoms with Crippen LogP contribution in [0.4, 0.5) is 10.1 Å². The van der Waals surface area contributed by atoms with Crippen molar-refractivity contribution in [1.29, 1.82) is 0 Å². The molecule has 0 unspecified atom stereocenters. The summed E-state index contributed by atoms with van der Waals surface area (Å²) in [7, 11) is -3.98. The number of nitrogens with zero attached hydrogens (tertiary/aromatic N) is 2. The lowest BCUT2D eigenvalue weighted by Crippen LogP contribution is -2.54. The van der Waals surface area contributed by atoms with Crippen LogP contribution >= 0.6 is 0 Å². The van der Waals surface area contributed by atoms with Gasteiger partial charge in [-0.05, 0) is 43.9 Å². The number of nitrogens with one attached hydrogen (secondary N) is 1. The highest BCUT2D eigenvalue weighted by Crippen LogP contribution is 2.23. The lowest BCUT2D eigenvalue weighted by molar-refractivity contribution is -0.140. The zero-order valence-corrected chi connectivity index (χ0v) is 22.1. The molecule has 0 spiro atoms. The molecule has 1 aliphatic rings. The normalized spacial score (nSPS) is 15.2. The highest BCUT2D eigenvalue weighted by atomic mass is 32.2. The van der Waals surface area contributed by atoms with Crippen LogP contribution in [0, 0.1) is 12.7 Å². The molecular weight excluding hydrogens is 481 g/mol. The van der Waals surface area contributed by atoms with E-state index in [-0.39, 0.29) is 24.2 Å². The Morgan fingerprint density at radius 2 is 1.78 bits per heavy atom. The summed E-state index contributed by atoms with van der Waals surface area (Å²) in [5, 5.41) is 3.10. The largest absolute Gasteiger partial charge is 0.352 e. The lowest BCUT2D eigenvalue weighted by Gasteiger charge is -2.34. The fourth-order valence-corrected chi connectivity index (χ4v) is 5.57. The first-order chi connectivity index (χ1) is 17.1. The van der Waals surface area contributed by atoms with Crippen LogP contribution in [-0.4, -0.2) is 50.0 Å². The molecule has 196 valence electrons. The Kier molecular flexibility index (Phi) is 9.48. The summed E-state index contributed by atoms with van der Waals surface area (Å²) < 4.78 is 40.5. The average Bonchev–Trinajstić information content (AvgIpc) is 2.83. The minimum atomic E-state index is -3.98. The van der Waals surface area contributed by atoms with Crippen molar-refractivity contribution in [3.63, 3.8) is 0 Å². The van der Waals surface area contributed by atoms with Crippen LogP contribution in [0.1, 0.15) is 56.6 Å². The Bertz CT molecular complexity index is 1170. The third-order valence-corrected chi connectivity index (χ3v) is 7.70. The number of halogens is 1. The first-order valence-electron chi connectivity index (χ1n) is 12.5. The number of rotatable bonds is 10. The summed E-state index contributed by atoms with van der Waals surface area (Å²) in [5.41, 5.74) is 1.62. The van der Waals surface area contributed by atoms with Crippen molar-refractivity contribution in [2.24, 2.45) is 0 Å². The van der Waals surface area contributed by atoms with Crippen molar-refractivity contribution >= 4 is 27.5 Å². The van der Waals surface area contributed by atoms with Gasteiger partial charge in [0.05, 0.1) is 11.9 Å². The Hall–Kier alpha value is -2.94. The smallest absolute Gasteiger partial charge is 0.244 e. The van der Waals surface area contributed by atoms with E-state index in [1.54, 1.807) is 0 Å². The molecule has 1 fully saturated rings. The Morgan fingerprint density at radius 3 is 2.39 bits per heavy atom. The maximum atomic E-state index is 14.5. The number of carbonyl (C=O) groups excluding carboxylic acids is 2. The average molecular weight is 518 g/mol. The predicted octanol–water partition coefficient (Wildman–Crippen LogP) is 4.16. The third-order valence-electron chi connectivity index (χ3n) is 6.57. The molecular formula is C27H36FN3O4S. The summed E-state index contributed by atoms with van der Waals surface area (Å²) in [6.45, 7) is 3.28. The van der Waals surface area contributed by atoms with Crippen LogP contribution in [0.2, 0.25) is 0 Å². The quantitative estimate of drug-likeness (QED) is 0.513. The van der Waals surface area contributed by atoms with Gasteiger partial charge in [-0.15, -0.1) is 0 Å². The molecule has 0 aromatic heterocycles. The first kappa shape index (κ1) is 27.6. The van der Waals surface area contributed by atoms with E-state index in [4.69, 9.17) is 0 Å². The van der Waals surface area contributed by atoms with Gasteiger partial charge in [0, 0.05) is 12.6 Å². The summed E-state index contributed by atoms with van der Waals surface area (Å²) in [4.78, 5) is 28.5. The monoisotopic (exact) mass is 517 g/mol. The number of anilines is 1. The molecule has 0 bridgehead atoms. The molecule has 2 aromatic carbocycles. The van der Waals surface area contributed by atoms with E-state index in [1.165, 1.54) is 23.1 Å². The van der Waals surface area contributed by atoms with Gasteiger partial charge in [-0.25, -0.2) is 12.8 Å². The molecule has 1 N–H and O–H groups in total. The summed E-state index contributed by atoms with van der Waals surface area (Å²) in [6.07, 6.45) is 6.36. The molecule has 0 heterocycles. The van der Waals surface area contributed by atoms with Crippen LogP contribution in [0.25, 0.3) is 0 Å². The maximum Gasteiger partial charge on any atom is 0.244 e. The Labute approximate surface area is 213 Å². The van der Waals surface area contributed by atoms with Crippen LogP contribution in [0.15, 0.2) is 48.5 Å². The number of para-hydroxylation sites is 1. The van der Waals surface area contributed by atoms with E-state index in [0.717, 1.165) is 59.9 Å². The number of carbonyl (C=O) groups is 2. The second kappa shape index (κ2) is 12.3. The second-order valence-electron chi connectivity index (χ2n) is 9.50. The zero-order valence-electron chi connectivity index (χ0n) is 21.2. The number of aryl methyl sites for hydroxylation is 1. The van der Waals surface area contributed by atoms with E-state index >= 15 is 0 Å². The highest BCUT2D eigenvalue weighted by molar-refractivity contribution is 7.92. The number of benzene rings is 2. The standard InChI is InChI=1S/C27H36FN3O4S/c1-4-24(27(33)29-22-13-6-5-7-14-22)30(18-21-12-10-11-20(2)17-21)26(32)19-31(36(3,34)35)25-16-9-8-15-23(25)28/h8-12,15-17,22,24H,4-7,13-14,18-19H2,1-3H3,(H,29,33)/t24-/m0/s1. The van der Waals surface area contributed by atoms with Crippen molar-refractivity contribution in [1.82, 2.24) is 10.2 Å². The fraction of sp³-hybridized carbons (Fsp3) is 0.481. The van der Waals surface area contributed by atoms with Gasteiger partial charge in [0.15, 0.2) is 0 Å². The van der Waals surface area contributed by atoms with Crippen molar-refractivity contribution in [3.8, 4) is 0 Å². The van der Waals surface area contributed by atoms with E-state index < -0.39 is 34.3 Å². The van der Waals surface area contributed by atoms with Crippen molar-refractivity contribution in [3.05, 3.63) is 65.5 Å². The molecule has 0 saturated heterocycles. The van der Waals surface area contributed by atoms with E-state index in [0.29, 0.717) is 6.42 Å². The molecule has 9 heteroatoms. The summed E-state index contributed by atoms with van der Waals surface area (Å²) in [5.74, 6) is -1.57. The van der Waals surface area contributed by atoms with Crippen LogP contribution in [0.5, 0.6) is 0 Å². The van der Waals surface area contributed by atoms with Crippen LogP contribution < -0.4 is 9.62 Å². The lowest BCUT2D eigenvalue weighted by atomic mass is 9.95. The fourth-order valence-electron chi connectivity index (χ4n) is 4.72. The van der Waals surface area contributed by atoms with Gasteiger partial charge in [-0.2, -0.15) is 0 Å². The number of amides is 2. The van der Waals surface area contributed by atoms with Gasteiger partial charge in [0.2, 0.25) is 21.8 Å². The van der Waals surface area contributed by atoms with Gasteiger partial charge >= 0.3 is 0 Å². The van der Waals surface area contributed by atoms with Gasteiger partial charge in [0.1, 0.15) is 18.4 Å². The van der Waals surface area contributed by atoms with Crippen LogP contribution in [-0.2, 0) is 26.2 Å². The SMILES string of the molecule is CC[C@@H](C(=O)NC1CCCCC1)N(Cc1cccc(C)c1)C(=O)CN(c1ccccc1F)S(C)(=O)=O. The van der Waals surface area contributed by atoms with Gasteiger partial charge < -0.3 is 10.2 Å². The van der Waals surface area contributed by atoms with Crippen molar-refractivity contribution in [2.45, 2.75) is 71.0 Å². The minimum absolute atomic E-state index is 0.0714. The van der Waals surface area contributed by atoms with Crippen molar-refractivity contribution < 1.29 is 22.4 Å². The number of sulfonamides is 1. The first-order valence-corrected chi connectivity index (χ1v) is 14.3. The van der Waals surface area contributed by atoms with Crippen LogP contribution in [0.3, 0.4) is 0 Å². The van der Waals surface area contributed by atoms with Gasteiger partial charge in [0.25, 0.3) is 0 Å². The summed E-state index contributed by atoms with van der Waals surface area (Å²) >= 11 is 0.